The van der Waals surface area contributed by atoms with Crippen LogP contribution in [0.1, 0.15) is 49.1 Å². The number of halogens is 4. The Bertz CT molecular complexity index is 1490. The molecule has 0 aliphatic carbocycles. The maximum atomic E-state index is 16.2. The maximum Gasteiger partial charge on any atom is 0.416 e. The number of amides is 3. The number of anilines is 1. The summed E-state index contributed by atoms with van der Waals surface area (Å²) >= 11 is 0. The molecule has 2 fully saturated rings. The van der Waals surface area contributed by atoms with E-state index in [1.165, 1.54) is 23.1 Å². The molecule has 0 unspecified atom stereocenters. The van der Waals surface area contributed by atoms with E-state index in [1.807, 2.05) is 18.7 Å². The van der Waals surface area contributed by atoms with Crippen LogP contribution in [0.25, 0.3) is 10.9 Å². The van der Waals surface area contributed by atoms with Gasteiger partial charge in [0.25, 0.3) is 0 Å². The Morgan fingerprint density at radius 2 is 1.77 bits per heavy atom. The van der Waals surface area contributed by atoms with Gasteiger partial charge in [-0.15, -0.1) is 0 Å². The van der Waals surface area contributed by atoms with Crippen LogP contribution in [0.5, 0.6) is 0 Å². The highest BCUT2D eigenvalue weighted by atomic mass is 19.4. The van der Waals surface area contributed by atoms with Gasteiger partial charge in [0.2, 0.25) is 5.91 Å². The monoisotopic (exact) mass is 558 g/mol. The van der Waals surface area contributed by atoms with E-state index in [4.69, 9.17) is 0 Å². The number of hydrogen-bond donors (Lipinski definition) is 2. The molecule has 3 heterocycles. The lowest BCUT2D eigenvalue weighted by Gasteiger charge is -2.50. The van der Waals surface area contributed by atoms with E-state index in [0.29, 0.717) is 42.1 Å². The van der Waals surface area contributed by atoms with Crippen LogP contribution in [0.2, 0.25) is 0 Å². The smallest absolute Gasteiger partial charge is 0.384 e. The van der Waals surface area contributed by atoms with Crippen molar-refractivity contribution in [2.75, 3.05) is 24.5 Å². The minimum atomic E-state index is -4.40. The Labute approximate surface area is 228 Å². The SMILES string of the molecule is Cc1nc2ccc([C@]3(O)CCN(Cc4ccc(C(F)(F)F)cc4)CC3(C)C)c(F)c2cc1N1CCC(=O)NC1=O. The van der Waals surface area contributed by atoms with Gasteiger partial charge in [0.15, 0.2) is 0 Å². The molecule has 0 bridgehead atoms. The van der Waals surface area contributed by atoms with Crippen molar-refractivity contribution < 1.29 is 32.3 Å². The minimum absolute atomic E-state index is 0.114. The summed E-state index contributed by atoms with van der Waals surface area (Å²) in [7, 11) is 0. The maximum absolute atomic E-state index is 16.2. The van der Waals surface area contributed by atoms with Gasteiger partial charge in [-0.25, -0.2) is 9.18 Å². The second kappa shape index (κ2) is 9.81. The van der Waals surface area contributed by atoms with Gasteiger partial charge in [0.1, 0.15) is 5.82 Å². The number of carbonyl (C=O) groups excluding carboxylic acids is 2. The molecule has 0 radical (unpaired) electrons. The van der Waals surface area contributed by atoms with Gasteiger partial charge in [-0.3, -0.25) is 24.9 Å². The molecule has 7 nitrogen and oxygen atoms in total. The molecular weight excluding hydrogens is 528 g/mol. The van der Waals surface area contributed by atoms with Crippen LogP contribution >= 0.6 is 0 Å². The highest BCUT2D eigenvalue weighted by Gasteiger charge is 2.50. The normalized spacial score (nSPS) is 22.1. The number of nitrogens with zero attached hydrogens (tertiary/aromatic N) is 3. The fourth-order valence-corrected chi connectivity index (χ4v) is 5.80. The van der Waals surface area contributed by atoms with Gasteiger partial charge < -0.3 is 5.11 Å². The number of aliphatic hydroxyl groups is 1. The molecule has 3 amide bonds. The molecule has 40 heavy (non-hydrogen) atoms. The second-order valence-corrected chi connectivity index (χ2v) is 11.2. The predicted molar refractivity (Wildman–Crippen MR) is 141 cm³/mol. The third kappa shape index (κ3) is 4.92. The number of carbonyl (C=O) groups is 2. The Hall–Kier alpha value is -3.57. The van der Waals surface area contributed by atoms with E-state index in [1.54, 1.807) is 19.1 Å². The van der Waals surface area contributed by atoms with Crippen LogP contribution in [-0.2, 0) is 23.1 Å². The van der Waals surface area contributed by atoms with E-state index in [9.17, 15) is 27.9 Å². The van der Waals surface area contributed by atoms with Crippen molar-refractivity contribution in [3.05, 3.63) is 70.7 Å². The van der Waals surface area contributed by atoms with E-state index in [-0.39, 0.29) is 36.2 Å². The van der Waals surface area contributed by atoms with Gasteiger partial charge in [0, 0.05) is 49.0 Å². The summed E-state index contributed by atoms with van der Waals surface area (Å²) in [6.45, 7) is 6.69. The molecule has 2 N–H and O–H groups in total. The quantitative estimate of drug-likeness (QED) is 0.427. The molecule has 0 spiro atoms. The van der Waals surface area contributed by atoms with E-state index >= 15 is 4.39 Å². The van der Waals surface area contributed by atoms with Crippen LogP contribution in [0.15, 0.2) is 42.5 Å². The number of nitrogens with one attached hydrogen (secondary N) is 1. The van der Waals surface area contributed by atoms with E-state index in [2.05, 4.69) is 10.3 Å². The molecule has 11 heteroatoms. The highest BCUT2D eigenvalue weighted by Crippen LogP contribution is 2.48. The lowest BCUT2D eigenvalue weighted by Crippen LogP contribution is -2.55. The third-order valence-corrected chi connectivity index (χ3v) is 8.10. The Morgan fingerprint density at radius 3 is 2.40 bits per heavy atom. The molecule has 2 saturated heterocycles. The Balaban J connectivity index is 1.42. The van der Waals surface area contributed by atoms with Gasteiger partial charge in [-0.2, -0.15) is 13.2 Å². The average molecular weight is 559 g/mol. The molecule has 5 rings (SSSR count). The molecule has 2 aromatic carbocycles. The first kappa shape index (κ1) is 28.0. The first-order chi connectivity index (χ1) is 18.7. The fourth-order valence-electron chi connectivity index (χ4n) is 5.80. The summed E-state index contributed by atoms with van der Waals surface area (Å²) in [6.07, 6.45) is -4.09. The number of piperidine rings is 1. The number of hydrogen-bond acceptors (Lipinski definition) is 5. The molecule has 212 valence electrons. The van der Waals surface area contributed by atoms with Crippen LogP contribution in [0.4, 0.5) is 28.0 Å². The number of aromatic nitrogens is 1. The Morgan fingerprint density at radius 1 is 1.07 bits per heavy atom. The largest absolute Gasteiger partial charge is 0.416 e. The number of likely N-dealkylation sites (tertiary alicyclic amines) is 1. The first-order valence-corrected chi connectivity index (χ1v) is 13.0. The van der Waals surface area contributed by atoms with E-state index in [0.717, 1.165) is 12.1 Å². The van der Waals surface area contributed by atoms with Crippen LogP contribution in [0.3, 0.4) is 0 Å². The number of pyridine rings is 1. The van der Waals surface area contributed by atoms with Crippen molar-refractivity contribution in [2.24, 2.45) is 5.41 Å². The summed E-state index contributed by atoms with van der Waals surface area (Å²) in [6, 6.07) is 9.13. The number of benzene rings is 2. The summed E-state index contributed by atoms with van der Waals surface area (Å²) in [5.74, 6) is -1.01. The summed E-state index contributed by atoms with van der Waals surface area (Å²) in [4.78, 5) is 31.9. The highest BCUT2D eigenvalue weighted by molar-refractivity contribution is 6.06. The van der Waals surface area contributed by atoms with Crippen LogP contribution < -0.4 is 10.2 Å². The predicted octanol–water partition coefficient (Wildman–Crippen LogP) is 5.27. The lowest BCUT2D eigenvalue weighted by molar-refractivity contribution is -0.137. The zero-order valence-corrected chi connectivity index (χ0v) is 22.4. The average Bonchev–Trinajstić information content (AvgIpc) is 2.86. The van der Waals surface area contributed by atoms with Crippen molar-refractivity contribution in [1.82, 2.24) is 15.2 Å². The van der Waals surface area contributed by atoms with Crippen LogP contribution in [-0.4, -0.2) is 46.6 Å². The number of aryl methyl sites for hydroxylation is 1. The van der Waals surface area contributed by atoms with Crippen molar-refractivity contribution in [3.8, 4) is 0 Å². The molecular formula is C29H30F4N4O3. The molecule has 1 atom stereocenters. The number of rotatable bonds is 4. The van der Waals surface area contributed by atoms with Crippen molar-refractivity contribution in [3.63, 3.8) is 0 Å². The zero-order valence-electron chi connectivity index (χ0n) is 22.4. The number of imide groups is 1. The van der Waals surface area contributed by atoms with Gasteiger partial charge >= 0.3 is 12.2 Å². The van der Waals surface area contributed by atoms with E-state index < -0.39 is 34.6 Å². The first-order valence-electron chi connectivity index (χ1n) is 13.0. The van der Waals surface area contributed by atoms with Gasteiger partial charge in [-0.1, -0.05) is 32.0 Å². The number of alkyl halides is 3. The van der Waals surface area contributed by atoms with Gasteiger partial charge in [-0.05, 0) is 43.2 Å². The van der Waals surface area contributed by atoms with Gasteiger partial charge in [0.05, 0.1) is 28.1 Å². The Kier molecular flexibility index (Phi) is 6.86. The molecule has 2 aliphatic heterocycles. The van der Waals surface area contributed by atoms with Crippen molar-refractivity contribution in [1.29, 1.82) is 0 Å². The zero-order chi connectivity index (χ0) is 29.0. The number of urea groups is 1. The standard InChI is InChI=1S/C29H30F4N4O3/c1-17-23(37-12-10-24(38)35-26(37)39)14-20-22(34-17)9-8-21(25(20)30)28(40)11-13-36(16-27(28,2)3)15-18-4-6-19(7-5-18)29(31,32)33/h4-9,14,40H,10-13,15-16H2,1-3H3,(H,35,38,39)/t28-/m1/s1. The summed E-state index contributed by atoms with van der Waals surface area (Å²) < 4.78 is 54.9. The molecule has 3 aromatic rings. The van der Waals surface area contributed by atoms with Crippen molar-refractivity contribution >= 4 is 28.5 Å². The lowest BCUT2D eigenvalue weighted by atomic mass is 9.66. The summed E-state index contributed by atoms with van der Waals surface area (Å²) in [5, 5.41) is 14.4. The third-order valence-electron chi connectivity index (χ3n) is 8.10. The summed E-state index contributed by atoms with van der Waals surface area (Å²) in [5.41, 5.74) is -0.985. The molecule has 2 aliphatic rings. The number of fused-ring (bicyclic) bond motifs is 1. The second-order valence-electron chi connectivity index (χ2n) is 11.2. The minimum Gasteiger partial charge on any atom is -0.384 e. The van der Waals surface area contributed by atoms with Crippen molar-refractivity contribution in [2.45, 2.75) is 51.9 Å². The topological polar surface area (TPSA) is 85.8 Å². The molecule has 1 aromatic heterocycles. The fraction of sp³-hybridized carbons (Fsp3) is 0.414. The molecule has 0 saturated carbocycles. The van der Waals surface area contributed by atoms with Crippen LogP contribution in [0, 0.1) is 18.2 Å².